The number of hydrogen-bond donors (Lipinski definition) is 1. The molecule has 0 saturated heterocycles. The molecular formula is C12H15Cl2N5O. The van der Waals surface area contributed by atoms with Crippen molar-refractivity contribution in [3.63, 3.8) is 0 Å². The van der Waals surface area contributed by atoms with Crippen molar-refractivity contribution in [1.29, 1.82) is 0 Å². The summed E-state index contributed by atoms with van der Waals surface area (Å²) in [6.45, 7) is 3.29. The van der Waals surface area contributed by atoms with Crippen LogP contribution in [0.4, 0.5) is 0 Å². The van der Waals surface area contributed by atoms with Gasteiger partial charge >= 0.3 is 0 Å². The molecule has 1 atom stereocenters. The molecular weight excluding hydrogens is 301 g/mol. The van der Waals surface area contributed by atoms with Gasteiger partial charge in [-0.15, -0.1) is 5.10 Å². The molecule has 2 rings (SSSR count). The summed E-state index contributed by atoms with van der Waals surface area (Å²) in [6.07, 6.45) is 0. The van der Waals surface area contributed by atoms with Crippen LogP contribution in [0.1, 0.15) is 18.8 Å². The van der Waals surface area contributed by atoms with E-state index in [-0.39, 0.29) is 6.04 Å². The molecule has 0 bridgehead atoms. The van der Waals surface area contributed by atoms with Gasteiger partial charge in [0.15, 0.2) is 5.82 Å². The molecule has 0 aliphatic heterocycles. The summed E-state index contributed by atoms with van der Waals surface area (Å²) in [5, 5.41) is 16.1. The third-order valence-corrected chi connectivity index (χ3v) is 3.33. The number of hydrogen-bond acceptors (Lipinski definition) is 5. The standard InChI is InChI=1S/C12H15Cl2N5O/c1-8(15-5-6-20-2)12-16-17-18-19(12)11-7-9(13)3-4-10(11)14/h3-4,7-8,15H,5-6H2,1-2H3. The molecule has 0 radical (unpaired) electrons. The zero-order valence-corrected chi connectivity index (χ0v) is 12.7. The van der Waals surface area contributed by atoms with E-state index in [1.54, 1.807) is 30.0 Å². The molecule has 2 aromatic rings. The fraction of sp³-hybridized carbons (Fsp3) is 0.417. The lowest BCUT2D eigenvalue weighted by atomic mass is 10.2. The highest BCUT2D eigenvalue weighted by molar-refractivity contribution is 6.34. The number of nitrogens with zero attached hydrogens (tertiary/aromatic N) is 4. The predicted molar refractivity (Wildman–Crippen MR) is 77.5 cm³/mol. The second-order valence-corrected chi connectivity index (χ2v) is 5.06. The molecule has 0 aliphatic rings. The monoisotopic (exact) mass is 315 g/mol. The molecule has 0 saturated carbocycles. The van der Waals surface area contributed by atoms with Crippen LogP contribution in [0.5, 0.6) is 0 Å². The van der Waals surface area contributed by atoms with Crippen LogP contribution in [0, 0.1) is 0 Å². The second-order valence-electron chi connectivity index (χ2n) is 4.21. The van der Waals surface area contributed by atoms with Crippen molar-refractivity contribution in [2.75, 3.05) is 20.3 Å². The van der Waals surface area contributed by atoms with Crippen LogP contribution in [0.2, 0.25) is 10.0 Å². The van der Waals surface area contributed by atoms with E-state index in [0.29, 0.717) is 34.7 Å². The third-order valence-electron chi connectivity index (χ3n) is 2.77. The van der Waals surface area contributed by atoms with Gasteiger partial charge in [0.1, 0.15) is 0 Å². The van der Waals surface area contributed by atoms with Gasteiger partial charge in [-0.2, -0.15) is 4.68 Å². The minimum absolute atomic E-state index is 0.0461. The maximum absolute atomic E-state index is 6.18. The normalized spacial score (nSPS) is 12.6. The summed E-state index contributed by atoms with van der Waals surface area (Å²) in [4.78, 5) is 0. The van der Waals surface area contributed by atoms with Gasteiger partial charge in [-0.1, -0.05) is 23.2 Å². The molecule has 0 spiro atoms. The molecule has 1 aromatic heterocycles. The van der Waals surface area contributed by atoms with Crippen LogP contribution in [-0.2, 0) is 4.74 Å². The predicted octanol–water partition coefficient (Wildman–Crippen LogP) is 2.27. The van der Waals surface area contributed by atoms with E-state index in [4.69, 9.17) is 27.9 Å². The fourth-order valence-corrected chi connectivity index (χ4v) is 2.12. The van der Waals surface area contributed by atoms with Gasteiger partial charge in [-0.25, -0.2) is 0 Å². The van der Waals surface area contributed by atoms with Crippen molar-refractivity contribution in [2.45, 2.75) is 13.0 Å². The van der Waals surface area contributed by atoms with Crippen molar-refractivity contribution in [3.05, 3.63) is 34.1 Å². The maximum Gasteiger partial charge on any atom is 0.173 e. The smallest absolute Gasteiger partial charge is 0.173 e. The average Bonchev–Trinajstić information content (AvgIpc) is 2.91. The third kappa shape index (κ3) is 3.46. The highest BCUT2D eigenvalue weighted by Gasteiger charge is 2.17. The highest BCUT2D eigenvalue weighted by atomic mass is 35.5. The largest absolute Gasteiger partial charge is 0.383 e. The van der Waals surface area contributed by atoms with Gasteiger partial charge in [-0.3, -0.25) is 0 Å². The Labute approximate surface area is 127 Å². The van der Waals surface area contributed by atoms with E-state index in [1.165, 1.54) is 0 Å². The number of nitrogens with one attached hydrogen (secondary N) is 1. The zero-order valence-electron chi connectivity index (χ0n) is 11.2. The topological polar surface area (TPSA) is 64.9 Å². The average molecular weight is 316 g/mol. The molecule has 108 valence electrons. The minimum atomic E-state index is -0.0461. The summed E-state index contributed by atoms with van der Waals surface area (Å²) < 4.78 is 6.58. The Morgan fingerprint density at radius 1 is 1.40 bits per heavy atom. The highest BCUT2D eigenvalue weighted by Crippen LogP contribution is 2.25. The summed E-state index contributed by atoms with van der Waals surface area (Å²) in [6, 6.07) is 5.12. The number of halogens is 2. The molecule has 20 heavy (non-hydrogen) atoms. The molecule has 1 N–H and O–H groups in total. The Bertz CT molecular complexity index is 575. The molecule has 0 amide bonds. The van der Waals surface area contributed by atoms with Gasteiger partial charge < -0.3 is 10.1 Å². The van der Waals surface area contributed by atoms with E-state index in [2.05, 4.69) is 20.8 Å². The van der Waals surface area contributed by atoms with E-state index in [0.717, 1.165) is 0 Å². The molecule has 0 aliphatic carbocycles. The fourth-order valence-electron chi connectivity index (χ4n) is 1.75. The second kappa shape index (κ2) is 6.99. The Balaban J connectivity index is 2.26. The van der Waals surface area contributed by atoms with Crippen molar-refractivity contribution >= 4 is 23.2 Å². The summed E-state index contributed by atoms with van der Waals surface area (Å²) in [7, 11) is 1.65. The lowest BCUT2D eigenvalue weighted by Crippen LogP contribution is -2.25. The van der Waals surface area contributed by atoms with Gasteiger partial charge in [0.2, 0.25) is 0 Å². The van der Waals surface area contributed by atoms with Gasteiger partial charge in [0.05, 0.1) is 23.4 Å². The lowest BCUT2D eigenvalue weighted by molar-refractivity contribution is 0.196. The number of methoxy groups -OCH3 is 1. The summed E-state index contributed by atoms with van der Waals surface area (Å²) in [5.41, 5.74) is 0.652. The maximum atomic E-state index is 6.18. The minimum Gasteiger partial charge on any atom is -0.383 e. The first-order valence-electron chi connectivity index (χ1n) is 6.09. The number of benzene rings is 1. The number of ether oxygens (including phenoxy) is 1. The van der Waals surface area contributed by atoms with E-state index >= 15 is 0 Å². The number of tetrazole rings is 1. The molecule has 8 heteroatoms. The number of aromatic nitrogens is 4. The molecule has 1 aromatic carbocycles. The van der Waals surface area contributed by atoms with Crippen LogP contribution in [0.3, 0.4) is 0 Å². The lowest BCUT2D eigenvalue weighted by Gasteiger charge is -2.14. The molecule has 1 unspecified atom stereocenters. The Hall–Kier alpha value is -1.21. The first-order valence-corrected chi connectivity index (χ1v) is 6.85. The van der Waals surface area contributed by atoms with Gasteiger partial charge in [0, 0.05) is 18.7 Å². The van der Waals surface area contributed by atoms with Crippen LogP contribution in [0.15, 0.2) is 18.2 Å². The van der Waals surface area contributed by atoms with Crippen molar-refractivity contribution in [3.8, 4) is 5.69 Å². The van der Waals surface area contributed by atoms with Gasteiger partial charge in [0.25, 0.3) is 0 Å². The number of rotatable bonds is 6. The first-order chi connectivity index (χ1) is 9.63. The van der Waals surface area contributed by atoms with Crippen molar-refractivity contribution < 1.29 is 4.74 Å². The SMILES string of the molecule is COCCNC(C)c1nnnn1-c1cc(Cl)ccc1Cl. The van der Waals surface area contributed by atoms with Crippen LogP contribution >= 0.6 is 23.2 Å². The van der Waals surface area contributed by atoms with E-state index < -0.39 is 0 Å². The molecule has 1 heterocycles. The van der Waals surface area contributed by atoms with Crippen molar-refractivity contribution in [1.82, 2.24) is 25.5 Å². The summed E-state index contributed by atoms with van der Waals surface area (Å²) >= 11 is 12.2. The molecule has 0 fully saturated rings. The van der Waals surface area contributed by atoms with Crippen LogP contribution < -0.4 is 5.32 Å². The van der Waals surface area contributed by atoms with E-state index in [1.807, 2.05) is 6.92 Å². The van der Waals surface area contributed by atoms with Crippen LogP contribution in [-0.4, -0.2) is 40.5 Å². The van der Waals surface area contributed by atoms with E-state index in [9.17, 15) is 0 Å². The van der Waals surface area contributed by atoms with Gasteiger partial charge in [-0.05, 0) is 35.5 Å². The Morgan fingerprint density at radius 3 is 2.95 bits per heavy atom. The quantitative estimate of drug-likeness (QED) is 0.828. The van der Waals surface area contributed by atoms with Crippen molar-refractivity contribution in [2.24, 2.45) is 0 Å². The molecule has 6 nitrogen and oxygen atoms in total. The van der Waals surface area contributed by atoms with Crippen LogP contribution in [0.25, 0.3) is 5.69 Å². The summed E-state index contributed by atoms with van der Waals surface area (Å²) in [5.74, 6) is 0.658. The zero-order chi connectivity index (χ0) is 14.5. The first kappa shape index (κ1) is 15.2. The Kier molecular flexibility index (Phi) is 5.31. The Morgan fingerprint density at radius 2 is 2.20 bits per heavy atom.